The van der Waals surface area contributed by atoms with Gasteiger partial charge < -0.3 is 15.1 Å². The fraction of sp³-hybridized carbons (Fsp3) is 1.00. The standard InChI is InChI=1S/C13H25N3/c1-15-7-4-12(10-15)14-11-5-8-16(9-6-11)13-2-3-13/h11-14H,2-10H2,1H3. The zero-order valence-corrected chi connectivity index (χ0v) is 10.5. The van der Waals surface area contributed by atoms with Crippen LogP contribution in [0.3, 0.4) is 0 Å². The Bertz CT molecular complexity index is 231. The van der Waals surface area contributed by atoms with E-state index in [1.807, 2.05) is 0 Å². The summed E-state index contributed by atoms with van der Waals surface area (Å²) in [5.74, 6) is 0. The van der Waals surface area contributed by atoms with Crippen LogP contribution >= 0.6 is 0 Å². The van der Waals surface area contributed by atoms with Crippen LogP contribution in [0.15, 0.2) is 0 Å². The van der Waals surface area contributed by atoms with Crippen molar-refractivity contribution >= 4 is 0 Å². The first-order chi connectivity index (χ1) is 7.81. The number of hydrogen-bond donors (Lipinski definition) is 1. The van der Waals surface area contributed by atoms with Gasteiger partial charge in [-0.05, 0) is 58.8 Å². The molecule has 1 N–H and O–H groups in total. The van der Waals surface area contributed by atoms with E-state index in [4.69, 9.17) is 0 Å². The van der Waals surface area contributed by atoms with Crippen LogP contribution in [0.5, 0.6) is 0 Å². The molecule has 3 fully saturated rings. The largest absolute Gasteiger partial charge is 0.310 e. The first kappa shape index (κ1) is 11.0. The Balaban J connectivity index is 1.40. The molecule has 2 aliphatic heterocycles. The minimum Gasteiger partial charge on any atom is -0.310 e. The van der Waals surface area contributed by atoms with Gasteiger partial charge in [0.25, 0.3) is 0 Å². The molecule has 1 unspecified atom stereocenters. The second kappa shape index (κ2) is 4.63. The van der Waals surface area contributed by atoms with Crippen molar-refractivity contribution in [2.45, 2.75) is 50.2 Å². The lowest BCUT2D eigenvalue weighted by atomic mass is 10.0. The van der Waals surface area contributed by atoms with Crippen LogP contribution in [0, 0.1) is 0 Å². The summed E-state index contributed by atoms with van der Waals surface area (Å²) in [4.78, 5) is 5.15. The molecule has 0 aromatic rings. The summed E-state index contributed by atoms with van der Waals surface area (Å²) in [5, 5.41) is 3.86. The molecule has 92 valence electrons. The highest BCUT2D eigenvalue weighted by atomic mass is 15.2. The van der Waals surface area contributed by atoms with Gasteiger partial charge in [-0.2, -0.15) is 0 Å². The molecule has 2 heterocycles. The average Bonchev–Trinajstić information content (AvgIpc) is 3.05. The minimum absolute atomic E-state index is 0.766. The highest BCUT2D eigenvalue weighted by Crippen LogP contribution is 2.29. The van der Waals surface area contributed by atoms with E-state index in [0.717, 1.165) is 18.1 Å². The maximum absolute atomic E-state index is 3.86. The molecule has 16 heavy (non-hydrogen) atoms. The van der Waals surface area contributed by atoms with E-state index in [1.54, 1.807) is 0 Å². The number of likely N-dealkylation sites (tertiary alicyclic amines) is 2. The van der Waals surface area contributed by atoms with Gasteiger partial charge in [0.2, 0.25) is 0 Å². The van der Waals surface area contributed by atoms with Gasteiger partial charge in [-0.1, -0.05) is 0 Å². The summed E-state index contributed by atoms with van der Waals surface area (Å²) in [7, 11) is 2.23. The summed E-state index contributed by atoms with van der Waals surface area (Å²) in [6.45, 7) is 5.21. The molecule has 1 aliphatic carbocycles. The molecular formula is C13H25N3. The predicted octanol–water partition coefficient (Wildman–Crippen LogP) is 0.907. The minimum atomic E-state index is 0.766. The monoisotopic (exact) mass is 223 g/mol. The van der Waals surface area contributed by atoms with Gasteiger partial charge in [-0.15, -0.1) is 0 Å². The zero-order valence-electron chi connectivity index (χ0n) is 10.5. The lowest BCUT2D eigenvalue weighted by Gasteiger charge is -2.34. The Hall–Kier alpha value is -0.120. The van der Waals surface area contributed by atoms with E-state index in [1.165, 1.54) is 58.3 Å². The van der Waals surface area contributed by atoms with Crippen LogP contribution in [0.2, 0.25) is 0 Å². The summed E-state index contributed by atoms with van der Waals surface area (Å²) in [6.07, 6.45) is 7.02. The van der Waals surface area contributed by atoms with Crippen LogP contribution in [0.1, 0.15) is 32.1 Å². The van der Waals surface area contributed by atoms with Gasteiger partial charge in [0.05, 0.1) is 0 Å². The molecule has 1 atom stereocenters. The van der Waals surface area contributed by atoms with E-state index in [2.05, 4.69) is 22.2 Å². The lowest BCUT2D eigenvalue weighted by Crippen LogP contribution is -2.47. The van der Waals surface area contributed by atoms with Crippen LogP contribution in [-0.4, -0.2) is 61.2 Å². The third-order valence-electron chi connectivity index (χ3n) is 4.46. The summed E-state index contributed by atoms with van der Waals surface area (Å²) < 4.78 is 0. The van der Waals surface area contributed by atoms with Crippen molar-refractivity contribution < 1.29 is 0 Å². The van der Waals surface area contributed by atoms with Crippen LogP contribution in [0.4, 0.5) is 0 Å². The third-order valence-corrected chi connectivity index (χ3v) is 4.46. The normalized spacial score (nSPS) is 34.7. The fourth-order valence-corrected chi connectivity index (χ4v) is 3.28. The van der Waals surface area contributed by atoms with Gasteiger partial charge in [-0.3, -0.25) is 0 Å². The molecular weight excluding hydrogens is 198 g/mol. The topological polar surface area (TPSA) is 18.5 Å². The molecule has 0 amide bonds. The molecule has 0 aromatic heterocycles. The lowest BCUT2D eigenvalue weighted by molar-refractivity contribution is 0.183. The molecule has 2 saturated heterocycles. The molecule has 0 aromatic carbocycles. The molecule has 3 heteroatoms. The first-order valence-corrected chi connectivity index (χ1v) is 7.00. The van der Waals surface area contributed by atoms with E-state index < -0.39 is 0 Å². The number of rotatable bonds is 3. The van der Waals surface area contributed by atoms with Crippen LogP contribution in [-0.2, 0) is 0 Å². The Morgan fingerprint density at radius 2 is 1.56 bits per heavy atom. The van der Waals surface area contributed by atoms with Crippen molar-refractivity contribution in [3.8, 4) is 0 Å². The van der Waals surface area contributed by atoms with E-state index in [0.29, 0.717) is 0 Å². The van der Waals surface area contributed by atoms with E-state index in [9.17, 15) is 0 Å². The Morgan fingerprint density at radius 1 is 0.875 bits per heavy atom. The van der Waals surface area contributed by atoms with Crippen molar-refractivity contribution in [2.24, 2.45) is 0 Å². The molecule has 0 bridgehead atoms. The van der Waals surface area contributed by atoms with Crippen molar-refractivity contribution in [2.75, 3.05) is 33.2 Å². The maximum atomic E-state index is 3.86. The molecule has 1 saturated carbocycles. The Morgan fingerprint density at radius 3 is 2.12 bits per heavy atom. The van der Waals surface area contributed by atoms with Crippen molar-refractivity contribution in [3.63, 3.8) is 0 Å². The second-order valence-corrected chi connectivity index (χ2v) is 5.96. The first-order valence-electron chi connectivity index (χ1n) is 7.00. The molecule has 0 radical (unpaired) electrons. The number of likely N-dealkylation sites (N-methyl/N-ethyl adjacent to an activating group) is 1. The van der Waals surface area contributed by atoms with Crippen molar-refractivity contribution in [1.82, 2.24) is 15.1 Å². The van der Waals surface area contributed by atoms with E-state index >= 15 is 0 Å². The van der Waals surface area contributed by atoms with Crippen molar-refractivity contribution in [1.29, 1.82) is 0 Å². The van der Waals surface area contributed by atoms with Gasteiger partial charge in [0.1, 0.15) is 0 Å². The second-order valence-electron chi connectivity index (χ2n) is 5.96. The van der Waals surface area contributed by atoms with Crippen LogP contribution < -0.4 is 5.32 Å². The smallest absolute Gasteiger partial charge is 0.0209 e. The number of piperidine rings is 1. The fourth-order valence-electron chi connectivity index (χ4n) is 3.28. The highest BCUT2D eigenvalue weighted by Gasteiger charge is 2.32. The summed E-state index contributed by atoms with van der Waals surface area (Å²) >= 11 is 0. The quantitative estimate of drug-likeness (QED) is 0.767. The molecule has 3 aliphatic rings. The number of nitrogens with zero attached hydrogens (tertiary/aromatic N) is 2. The van der Waals surface area contributed by atoms with Gasteiger partial charge in [-0.25, -0.2) is 0 Å². The SMILES string of the molecule is CN1CCC(NC2CCN(C3CC3)CC2)C1. The van der Waals surface area contributed by atoms with Gasteiger partial charge in [0, 0.05) is 24.7 Å². The summed E-state index contributed by atoms with van der Waals surface area (Å²) in [6, 6.07) is 2.53. The van der Waals surface area contributed by atoms with E-state index in [-0.39, 0.29) is 0 Å². The van der Waals surface area contributed by atoms with Gasteiger partial charge in [0.15, 0.2) is 0 Å². The van der Waals surface area contributed by atoms with Crippen molar-refractivity contribution in [3.05, 3.63) is 0 Å². The zero-order chi connectivity index (χ0) is 11.0. The third kappa shape index (κ3) is 2.58. The molecule has 3 nitrogen and oxygen atoms in total. The Kier molecular flexibility index (Phi) is 3.18. The number of hydrogen-bond acceptors (Lipinski definition) is 3. The summed E-state index contributed by atoms with van der Waals surface area (Å²) in [5.41, 5.74) is 0. The average molecular weight is 223 g/mol. The predicted molar refractivity (Wildman–Crippen MR) is 66.7 cm³/mol. The molecule has 0 spiro atoms. The highest BCUT2D eigenvalue weighted by molar-refractivity contribution is 4.90. The molecule has 3 rings (SSSR count). The number of nitrogens with one attached hydrogen (secondary N) is 1. The van der Waals surface area contributed by atoms with Gasteiger partial charge >= 0.3 is 0 Å². The van der Waals surface area contributed by atoms with Crippen LogP contribution in [0.25, 0.3) is 0 Å². The Labute approximate surface area is 99.2 Å². The maximum Gasteiger partial charge on any atom is 0.0209 e.